The van der Waals surface area contributed by atoms with Crippen LogP contribution in [0.25, 0.3) is 5.65 Å². The Labute approximate surface area is 133 Å². The van der Waals surface area contributed by atoms with Crippen molar-refractivity contribution in [3.63, 3.8) is 0 Å². The SMILES string of the molecule is C=CCn1c(SCc2cn3ccccc3n2)nnc1C1CC1. The molecule has 1 fully saturated rings. The Balaban J connectivity index is 1.54. The van der Waals surface area contributed by atoms with Crippen LogP contribution in [0.2, 0.25) is 0 Å². The molecular formula is C16H17N5S. The van der Waals surface area contributed by atoms with E-state index < -0.39 is 0 Å². The number of aromatic nitrogens is 5. The largest absolute Gasteiger partial charge is 0.307 e. The fourth-order valence-corrected chi connectivity index (χ4v) is 3.38. The number of hydrogen-bond acceptors (Lipinski definition) is 4. The van der Waals surface area contributed by atoms with Gasteiger partial charge in [-0.25, -0.2) is 4.98 Å². The number of nitrogens with zero attached hydrogens (tertiary/aromatic N) is 5. The van der Waals surface area contributed by atoms with Gasteiger partial charge in [-0.05, 0) is 25.0 Å². The standard InChI is InChI=1S/C16H17N5S/c1-2-8-21-15(12-6-7-12)18-19-16(21)22-11-13-10-20-9-4-3-5-14(20)17-13/h2-5,9-10,12H,1,6-8,11H2. The molecule has 3 heterocycles. The van der Waals surface area contributed by atoms with Gasteiger partial charge in [-0.2, -0.15) is 0 Å². The zero-order valence-electron chi connectivity index (χ0n) is 12.2. The summed E-state index contributed by atoms with van der Waals surface area (Å²) >= 11 is 1.69. The third-order valence-corrected chi connectivity index (χ3v) is 4.76. The topological polar surface area (TPSA) is 48.0 Å². The van der Waals surface area contributed by atoms with Gasteiger partial charge in [0.05, 0.1) is 5.69 Å². The van der Waals surface area contributed by atoms with Crippen LogP contribution in [-0.2, 0) is 12.3 Å². The fraction of sp³-hybridized carbons (Fsp3) is 0.312. The summed E-state index contributed by atoms with van der Waals surface area (Å²) in [6, 6.07) is 6.02. The zero-order chi connectivity index (χ0) is 14.9. The molecule has 5 nitrogen and oxygen atoms in total. The molecule has 0 amide bonds. The number of hydrogen-bond donors (Lipinski definition) is 0. The van der Waals surface area contributed by atoms with Crippen molar-refractivity contribution in [2.45, 2.75) is 36.2 Å². The van der Waals surface area contributed by atoms with Gasteiger partial charge in [0, 0.05) is 30.6 Å². The molecule has 1 aliphatic rings. The molecule has 0 aliphatic heterocycles. The van der Waals surface area contributed by atoms with Gasteiger partial charge >= 0.3 is 0 Å². The van der Waals surface area contributed by atoms with Gasteiger partial charge in [0.1, 0.15) is 11.5 Å². The summed E-state index contributed by atoms with van der Waals surface area (Å²) in [4.78, 5) is 4.62. The second-order valence-corrected chi connectivity index (χ2v) is 6.44. The molecule has 0 spiro atoms. The molecule has 1 saturated carbocycles. The molecule has 0 aromatic carbocycles. The van der Waals surface area contributed by atoms with Crippen LogP contribution >= 0.6 is 11.8 Å². The predicted molar refractivity (Wildman–Crippen MR) is 86.9 cm³/mol. The summed E-state index contributed by atoms with van der Waals surface area (Å²) in [5.41, 5.74) is 2.03. The monoisotopic (exact) mass is 311 g/mol. The Morgan fingerprint density at radius 3 is 3.00 bits per heavy atom. The van der Waals surface area contributed by atoms with E-state index in [9.17, 15) is 0 Å². The van der Waals surface area contributed by atoms with Gasteiger partial charge < -0.3 is 8.97 Å². The molecule has 6 heteroatoms. The lowest BCUT2D eigenvalue weighted by Crippen LogP contribution is -2.02. The van der Waals surface area contributed by atoms with Crippen LogP contribution in [-0.4, -0.2) is 24.1 Å². The van der Waals surface area contributed by atoms with Crippen LogP contribution in [0.3, 0.4) is 0 Å². The third kappa shape index (κ3) is 2.54. The zero-order valence-corrected chi connectivity index (χ0v) is 13.0. The fourth-order valence-electron chi connectivity index (χ4n) is 2.55. The molecule has 4 rings (SSSR count). The van der Waals surface area contributed by atoms with Crippen molar-refractivity contribution in [3.8, 4) is 0 Å². The normalized spacial score (nSPS) is 14.5. The van der Waals surface area contributed by atoms with E-state index in [2.05, 4.69) is 32.5 Å². The van der Waals surface area contributed by atoms with Crippen LogP contribution in [0.4, 0.5) is 0 Å². The summed E-state index contributed by atoms with van der Waals surface area (Å²) in [5, 5.41) is 9.69. The number of imidazole rings is 1. The number of thioether (sulfide) groups is 1. The molecule has 1 aliphatic carbocycles. The Morgan fingerprint density at radius 2 is 2.23 bits per heavy atom. The van der Waals surface area contributed by atoms with Gasteiger partial charge in [0.25, 0.3) is 0 Å². The van der Waals surface area contributed by atoms with Crippen molar-refractivity contribution in [1.82, 2.24) is 24.1 Å². The summed E-state index contributed by atoms with van der Waals surface area (Å²) in [5.74, 6) is 2.50. The maximum Gasteiger partial charge on any atom is 0.191 e. The van der Waals surface area contributed by atoms with Crippen molar-refractivity contribution < 1.29 is 0 Å². The van der Waals surface area contributed by atoms with Crippen LogP contribution in [0.15, 0.2) is 48.4 Å². The van der Waals surface area contributed by atoms with E-state index in [1.165, 1.54) is 12.8 Å². The molecule has 22 heavy (non-hydrogen) atoms. The lowest BCUT2D eigenvalue weighted by molar-refractivity contribution is 0.681. The van der Waals surface area contributed by atoms with Crippen molar-refractivity contribution in [3.05, 3.63) is 54.8 Å². The van der Waals surface area contributed by atoms with E-state index in [0.717, 1.165) is 34.6 Å². The summed E-state index contributed by atoms with van der Waals surface area (Å²) in [6.45, 7) is 4.61. The van der Waals surface area contributed by atoms with E-state index in [1.54, 1.807) is 11.8 Å². The van der Waals surface area contributed by atoms with E-state index in [1.807, 2.05) is 34.9 Å². The minimum atomic E-state index is 0.594. The molecule has 0 radical (unpaired) electrons. The van der Waals surface area contributed by atoms with E-state index in [-0.39, 0.29) is 0 Å². The molecule has 0 atom stereocenters. The number of rotatable bonds is 6. The molecule has 0 bridgehead atoms. The Morgan fingerprint density at radius 1 is 1.32 bits per heavy atom. The Kier molecular flexibility index (Phi) is 3.46. The molecular weight excluding hydrogens is 294 g/mol. The molecule has 0 saturated heterocycles. The van der Waals surface area contributed by atoms with Crippen LogP contribution in [0.5, 0.6) is 0 Å². The second-order valence-electron chi connectivity index (χ2n) is 5.50. The number of pyridine rings is 1. The number of allylic oxidation sites excluding steroid dienone is 1. The first-order valence-electron chi connectivity index (χ1n) is 7.44. The molecule has 3 aromatic heterocycles. The predicted octanol–water partition coefficient (Wildman–Crippen LogP) is 3.28. The van der Waals surface area contributed by atoms with Crippen LogP contribution in [0, 0.1) is 0 Å². The highest BCUT2D eigenvalue weighted by atomic mass is 32.2. The first-order valence-corrected chi connectivity index (χ1v) is 8.43. The van der Waals surface area contributed by atoms with Crippen molar-refractivity contribution >= 4 is 17.4 Å². The van der Waals surface area contributed by atoms with E-state index in [4.69, 9.17) is 0 Å². The maximum absolute atomic E-state index is 4.62. The first kappa shape index (κ1) is 13.6. The highest BCUT2D eigenvalue weighted by Crippen LogP contribution is 2.40. The average Bonchev–Trinajstić information content (AvgIpc) is 3.17. The Bertz CT molecular complexity index is 782. The van der Waals surface area contributed by atoms with Gasteiger partial charge in [-0.15, -0.1) is 16.8 Å². The second kappa shape index (κ2) is 5.61. The average molecular weight is 311 g/mol. The quantitative estimate of drug-likeness (QED) is 0.518. The van der Waals surface area contributed by atoms with Crippen molar-refractivity contribution in [2.75, 3.05) is 0 Å². The lowest BCUT2D eigenvalue weighted by atomic mass is 10.4. The summed E-state index contributed by atoms with van der Waals surface area (Å²) in [6.07, 6.45) is 8.45. The highest BCUT2D eigenvalue weighted by Gasteiger charge is 2.30. The minimum absolute atomic E-state index is 0.594. The molecule has 3 aromatic rings. The van der Waals surface area contributed by atoms with Gasteiger partial charge in [0.2, 0.25) is 0 Å². The summed E-state index contributed by atoms with van der Waals surface area (Å²) in [7, 11) is 0. The molecule has 112 valence electrons. The first-order chi connectivity index (χ1) is 10.8. The van der Waals surface area contributed by atoms with Gasteiger partial charge in [-0.3, -0.25) is 0 Å². The summed E-state index contributed by atoms with van der Waals surface area (Å²) < 4.78 is 4.23. The smallest absolute Gasteiger partial charge is 0.191 e. The minimum Gasteiger partial charge on any atom is -0.307 e. The van der Waals surface area contributed by atoms with Crippen molar-refractivity contribution in [2.24, 2.45) is 0 Å². The highest BCUT2D eigenvalue weighted by molar-refractivity contribution is 7.98. The maximum atomic E-state index is 4.62. The van der Waals surface area contributed by atoms with Gasteiger partial charge in [-0.1, -0.05) is 23.9 Å². The van der Waals surface area contributed by atoms with E-state index in [0.29, 0.717) is 5.92 Å². The van der Waals surface area contributed by atoms with E-state index >= 15 is 0 Å². The Hall–Kier alpha value is -2.08. The van der Waals surface area contributed by atoms with Crippen LogP contribution in [0.1, 0.15) is 30.3 Å². The van der Waals surface area contributed by atoms with Crippen molar-refractivity contribution in [1.29, 1.82) is 0 Å². The molecule has 0 unspecified atom stereocenters. The lowest BCUT2D eigenvalue weighted by Gasteiger charge is -2.05. The number of fused-ring (bicyclic) bond motifs is 1. The molecule has 0 N–H and O–H groups in total. The van der Waals surface area contributed by atoms with Crippen LogP contribution < -0.4 is 0 Å². The van der Waals surface area contributed by atoms with Gasteiger partial charge in [0.15, 0.2) is 5.16 Å². The third-order valence-electron chi connectivity index (χ3n) is 3.76.